The van der Waals surface area contributed by atoms with Gasteiger partial charge in [-0.1, -0.05) is 6.07 Å². The van der Waals surface area contributed by atoms with E-state index in [0.717, 1.165) is 18.2 Å². The molecule has 8 heteroatoms. The first-order valence-electron chi connectivity index (χ1n) is 4.89. The van der Waals surface area contributed by atoms with Crippen LogP contribution in [0.2, 0.25) is 0 Å². The number of benzene rings is 1. The van der Waals surface area contributed by atoms with E-state index in [1.54, 1.807) is 0 Å². The summed E-state index contributed by atoms with van der Waals surface area (Å²) in [5, 5.41) is 8.50. The van der Waals surface area contributed by atoms with Gasteiger partial charge in [0, 0.05) is 0 Å². The zero-order chi connectivity index (χ0) is 13.6. The predicted octanol–water partition coefficient (Wildman–Crippen LogP) is 1.64. The molecule has 0 fully saturated rings. The van der Waals surface area contributed by atoms with E-state index in [9.17, 15) is 17.6 Å². The van der Waals surface area contributed by atoms with Crippen LogP contribution >= 0.6 is 0 Å². The van der Waals surface area contributed by atoms with Crippen LogP contribution in [0.1, 0.15) is 11.6 Å². The lowest BCUT2D eigenvalue weighted by molar-refractivity contribution is -0.286. The topological polar surface area (TPSA) is 64.7 Å². The summed E-state index contributed by atoms with van der Waals surface area (Å²) >= 11 is 0. The molecule has 1 aliphatic heterocycles. The number of hydrogen-bond acceptors (Lipinski definition) is 4. The maximum absolute atomic E-state index is 13.1. The van der Waals surface area contributed by atoms with E-state index in [-0.39, 0.29) is 17.1 Å². The Morgan fingerprint density at radius 1 is 1.28 bits per heavy atom. The molecule has 1 atom stereocenters. The summed E-state index contributed by atoms with van der Waals surface area (Å²) in [5.41, 5.74) is 5.11. The molecule has 0 radical (unpaired) electrons. The molecule has 1 aromatic rings. The van der Waals surface area contributed by atoms with Crippen molar-refractivity contribution in [3.8, 4) is 11.5 Å². The van der Waals surface area contributed by atoms with Gasteiger partial charge in [-0.15, -0.1) is 8.78 Å². The summed E-state index contributed by atoms with van der Waals surface area (Å²) in [6.45, 7) is -1.45. The molecular weight excluding hydrogens is 258 g/mol. The zero-order valence-electron chi connectivity index (χ0n) is 8.87. The maximum Gasteiger partial charge on any atom is 0.586 e. The van der Waals surface area contributed by atoms with Crippen LogP contribution in [0.25, 0.3) is 0 Å². The van der Waals surface area contributed by atoms with Gasteiger partial charge in [0.05, 0.1) is 6.04 Å². The lowest BCUT2D eigenvalue weighted by atomic mass is 10.0. The Morgan fingerprint density at radius 3 is 2.50 bits per heavy atom. The first-order valence-corrected chi connectivity index (χ1v) is 4.89. The number of nitrogens with two attached hydrogens (primary N) is 1. The Bertz CT molecular complexity index is 466. The molecule has 0 unspecified atom stereocenters. The third kappa shape index (κ3) is 2.21. The van der Waals surface area contributed by atoms with Crippen molar-refractivity contribution in [2.24, 2.45) is 5.73 Å². The van der Waals surface area contributed by atoms with Crippen molar-refractivity contribution in [1.82, 2.24) is 0 Å². The average molecular weight is 267 g/mol. The third-order valence-corrected chi connectivity index (χ3v) is 2.45. The molecule has 0 saturated carbocycles. The average Bonchev–Trinajstić information content (AvgIpc) is 2.60. The molecule has 3 N–H and O–H groups in total. The summed E-state index contributed by atoms with van der Waals surface area (Å²) in [4.78, 5) is 0. The van der Waals surface area contributed by atoms with Crippen molar-refractivity contribution in [2.75, 3.05) is 6.61 Å². The number of aliphatic hydroxyl groups is 1. The second-order valence-corrected chi connectivity index (χ2v) is 3.77. The van der Waals surface area contributed by atoms with Crippen LogP contribution in [0, 0.1) is 0 Å². The summed E-state index contributed by atoms with van der Waals surface area (Å²) in [7, 11) is 0. The Hall–Kier alpha value is -1.54. The van der Waals surface area contributed by atoms with Crippen molar-refractivity contribution < 1.29 is 32.1 Å². The van der Waals surface area contributed by atoms with Gasteiger partial charge in [0.2, 0.25) is 0 Å². The minimum Gasteiger partial charge on any atom is -0.395 e. The summed E-state index contributed by atoms with van der Waals surface area (Å²) in [6, 6.07) is 1.27. The number of ether oxygens (including phenoxy) is 2. The van der Waals surface area contributed by atoms with Gasteiger partial charge in [-0.3, -0.25) is 0 Å². The Kier molecular flexibility index (Phi) is 2.86. The molecular formula is C10H9F4NO3. The Labute approximate surface area is 98.9 Å². The smallest absolute Gasteiger partial charge is 0.395 e. The maximum atomic E-state index is 13.1. The molecule has 100 valence electrons. The molecule has 0 saturated heterocycles. The highest BCUT2D eigenvalue weighted by atomic mass is 19.3. The highest BCUT2D eigenvalue weighted by Crippen LogP contribution is 2.43. The highest BCUT2D eigenvalue weighted by Gasteiger charge is 2.44. The van der Waals surface area contributed by atoms with E-state index in [0.29, 0.717) is 0 Å². The second-order valence-electron chi connectivity index (χ2n) is 3.77. The largest absolute Gasteiger partial charge is 0.586 e. The molecule has 0 aromatic heterocycles. The Morgan fingerprint density at radius 2 is 1.89 bits per heavy atom. The normalized spacial score (nSPS) is 18.8. The van der Waals surface area contributed by atoms with Gasteiger partial charge < -0.3 is 20.3 Å². The van der Waals surface area contributed by atoms with Gasteiger partial charge in [-0.05, 0) is 17.7 Å². The van der Waals surface area contributed by atoms with Crippen LogP contribution in [0.4, 0.5) is 17.6 Å². The minimum atomic E-state index is -3.81. The van der Waals surface area contributed by atoms with Crippen LogP contribution in [0.5, 0.6) is 11.5 Å². The molecule has 1 aliphatic rings. The number of hydrogen-bond donors (Lipinski definition) is 2. The number of aliphatic hydroxyl groups excluding tert-OH is 1. The lowest BCUT2D eigenvalue weighted by Gasteiger charge is -2.21. The van der Waals surface area contributed by atoms with Gasteiger partial charge >= 0.3 is 6.29 Å². The van der Waals surface area contributed by atoms with Gasteiger partial charge in [-0.25, -0.2) is 8.78 Å². The molecule has 4 nitrogen and oxygen atoms in total. The van der Waals surface area contributed by atoms with Gasteiger partial charge in [0.15, 0.2) is 11.5 Å². The van der Waals surface area contributed by atoms with E-state index >= 15 is 0 Å². The Balaban J connectivity index is 2.29. The standard InChI is InChI=1S/C10H9F4NO3/c11-9(12,4-16)8(15)5-1-2-6-7(3-5)18-10(13,14)17-6/h1-3,8,16H,4,15H2/t8-/m1/s1. The summed E-state index contributed by atoms with van der Waals surface area (Å²) in [6.07, 6.45) is -3.81. The van der Waals surface area contributed by atoms with Crippen LogP contribution < -0.4 is 15.2 Å². The molecule has 0 aliphatic carbocycles. The number of halogens is 4. The number of rotatable bonds is 3. The fourth-order valence-corrected chi connectivity index (χ4v) is 1.50. The van der Waals surface area contributed by atoms with Crippen molar-refractivity contribution in [1.29, 1.82) is 0 Å². The summed E-state index contributed by atoms with van der Waals surface area (Å²) < 4.78 is 59.9. The molecule has 0 spiro atoms. The van der Waals surface area contributed by atoms with Crippen LogP contribution in [0.3, 0.4) is 0 Å². The van der Waals surface area contributed by atoms with Crippen LogP contribution in [-0.4, -0.2) is 23.9 Å². The fourth-order valence-electron chi connectivity index (χ4n) is 1.50. The van der Waals surface area contributed by atoms with E-state index in [4.69, 9.17) is 10.8 Å². The van der Waals surface area contributed by atoms with Crippen molar-refractivity contribution in [3.63, 3.8) is 0 Å². The molecule has 0 bridgehead atoms. The minimum absolute atomic E-state index is 0.144. The van der Waals surface area contributed by atoms with Crippen LogP contribution in [-0.2, 0) is 0 Å². The first kappa shape index (κ1) is 12.9. The highest BCUT2D eigenvalue weighted by molar-refractivity contribution is 5.46. The molecule has 1 heterocycles. The molecule has 18 heavy (non-hydrogen) atoms. The second kappa shape index (κ2) is 3.99. The van der Waals surface area contributed by atoms with E-state index < -0.39 is 24.9 Å². The van der Waals surface area contributed by atoms with Crippen LogP contribution in [0.15, 0.2) is 18.2 Å². The quantitative estimate of drug-likeness (QED) is 0.817. The number of alkyl halides is 4. The molecule has 1 aromatic carbocycles. The molecule has 0 amide bonds. The first-order chi connectivity index (χ1) is 8.25. The van der Waals surface area contributed by atoms with Gasteiger partial charge in [0.25, 0.3) is 5.92 Å². The van der Waals surface area contributed by atoms with E-state index in [1.165, 1.54) is 0 Å². The van der Waals surface area contributed by atoms with Gasteiger partial charge in [0.1, 0.15) is 6.61 Å². The predicted molar refractivity (Wildman–Crippen MR) is 51.6 cm³/mol. The van der Waals surface area contributed by atoms with Crippen molar-refractivity contribution in [3.05, 3.63) is 23.8 Å². The van der Waals surface area contributed by atoms with Crippen molar-refractivity contribution in [2.45, 2.75) is 18.3 Å². The van der Waals surface area contributed by atoms with Gasteiger partial charge in [-0.2, -0.15) is 0 Å². The number of fused-ring (bicyclic) bond motifs is 1. The fraction of sp³-hybridized carbons (Fsp3) is 0.400. The van der Waals surface area contributed by atoms with E-state index in [2.05, 4.69) is 9.47 Å². The third-order valence-electron chi connectivity index (χ3n) is 2.45. The SMILES string of the molecule is N[C@H](c1ccc2c(c1)OC(F)(F)O2)C(F)(F)CO. The molecule has 2 rings (SSSR count). The van der Waals surface area contributed by atoms with Crippen molar-refractivity contribution >= 4 is 0 Å². The van der Waals surface area contributed by atoms with E-state index in [1.807, 2.05) is 0 Å². The monoisotopic (exact) mass is 267 g/mol. The summed E-state index contributed by atoms with van der Waals surface area (Å²) in [5.74, 6) is -4.19. The lowest BCUT2D eigenvalue weighted by Crippen LogP contribution is -2.36. The zero-order valence-corrected chi connectivity index (χ0v) is 8.87.